The predicted molar refractivity (Wildman–Crippen MR) is 36.1 cm³/mol. The second-order valence-electron chi connectivity index (χ2n) is 3.20. The number of rotatable bonds is 2. The van der Waals surface area contributed by atoms with Gasteiger partial charge in [-0.25, -0.2) is 0 Å². The van der Waals surface area contributed by atoms with E-state index in [4.69, 9.17) is 5.73 Å². The number of halogens is 3. The molecule has 2 heterocycles. The average Bonchev–Trinajstić information content (AvgIpc) is 2.79. The summed E-state index contributed by atoms with van der Waals surface area (Å²) in [5.74, 6) is -2.17. The third-order valence-electron chi connectivity index (χ3n) is 2.28. The molecule has 0 atom stereocenters. The lowest BCUT2D eigenvalue weighted by atomic mass is 10.3. The largest absolute Gasteiger partial charge is 0.434 e. The van der Waals surface area contributed by atoms with Gasteiger partial charge in [0.15, 0.2) is 0 Å². The Bertz CT molecular complexity index is 183. The first kappa shape index (κ1) is 8.28. The van der Waals surface area contributed by atoms with Gasteiger partial charge in [-0.2, -0.15) is 13.2 Å². The Morgan fingerprint density at radius 3 is 1.42 bits per heavy atom. The van der Waals surface area contributed by atoms with E-state index in [-0.39, 0.29) is 0 Å². The van der Waals surface area contributed by atoms with E-state index < -0.39 is 12.0 Å². The standard InChI is InChI=1S/C6H10F3N3/c7-5(8,9)6(10,11-1-2-11)12-3-4-12/h1-4,10H2. The zero-order valence-electron chi connectivity index (χ0n) is 6.43. The molecule has 12 heavy (non-hydrogen) atoms. The zero-order chi connectivity index (χ0) is 8.98. The Labute approximate surface area is 67.9 Å². The highest BCUT2D eigenvalue weighted by molar-refractivity contribution is 5.02. The van der Waals surface area contributed by atoms with Gasteiger partial charge in [0.1, 0.15) is 0 Å². The van der Waals surface area contributed by atoms with Crippen LogP contribution in [0.2, 0.25) is 0 Å². The highest BCUT2D eigenvalue weighted by Crippen LogP contribution is 2.40. The molecule has 70 valence electrons. The van der Waals surface area contributed by atoms with Gasteiger partial charge in [0.2, 0.25) is 5.79 Å². The van der Waals surface area contributed by atoms with Gasteiger partial charge < -0.3 is 0 Å². The fourth-order valence-corrected chi connectivity index (χ4v) is 1.34. The van der Waals surface area contributed by atoms with Gasteiger partial charge in [0.05, 0.1) is 0 Å². The summed E-state index contributed by atoms with van der Waals surface area (Å²) in [6.07, 6.45) is -4.35. The van der Waals surface area contributed by atoms with Crippen molar-refractivity contribution in [3.63, 3.8) is 0 Å². The molecule has 0 spiro atoms. The van der Waals surface area contributed by atoms with Crippen LogP contribution in [-0.4, -0.2) is 47.9 Å². The molecule has 2 N–H and O–H groups in total. The molecule has 0 unspecified atom stereocenters. The smallest absolute Gasteiger partial charge is 0.293 e. The van der Waals surface area contributed by atoms with E-state index >= 15 is 0 Å². The second kappa shape index (κ2) is 2.12. The number of hydrogen-bond donors (Lipinski definition) is 1. The van der Waals surface area contributed by atoms with Crippen LogP contribution in [0.4, 0.5) is 13.2 Å². The minimum absolute atomic E-state index is 0.451. The highest BCUT2D eigenvalue weighted by atomic mass is 19.4. The number of alkyl halides is 3. The monoisotopic (exact) mass is 181 g/mol. The summed E-state index contributed by atoms with van der Waals surface area (Å²) in [6.45, 7) is 1.80. The van der Waals surface area contributed by atoms with E-state index in [1.165, 1.54) is 9.80 Å². The van der Waals surface area contributed by atoms with Crippen LogP contribution in [0.3, 0.4) is 0 Å². The Hall–Kier alpha value is -0.330. The van der Waals surface area contributed by atoms with Gasteiger partial charge >= 0.3 is 6.18 Å². The van der Waals surface area contributed by atoms with E-state index in [1.807, 2.05) is 0 Å². The maximum Gasteiger partial charge on any atom is 0.434 e. The molecule has 0 aromatic rings. The van der Waals surface area contributed by atoms with Gasteiger partial charge in [0.25, 0.3) is 0 Å². The van der Waals surface area contributed by atoms with Crippen molar-refractivity contribution in [2.75, 3.05) is 26.2 Å². The average molecular weight is 181 g/mol. The minimum Gasteiger partial charge on any atom is -0.293 e. The molecule has 0 aromatic carbocycles. The first-order chi connectivity index (χ1) is 5.46. The van der Waals surface area contributed by atoms with Gasteiger partial charge in [-0.15, -0.1) is 0 Å². The molecule has 0 aromatic heterocycles. The quantitative estimate of drug-likeness (QED) is 0.598. The Morgan fingerprint density at radius 1 is 0.917 bits per heavy atom. The van der Waals surface area contributed by atoms with Crippen molar-refractivity contribution in [3.05, 3.63) is 0 Å². The summed E-state index contributed by atoms with van der Waals surface area (Å²) in [5.41, 5.74) is 5.31. The summed E-state index contributed by atoms with van der Waals surface area (Å²) in [5, 5.41) is 0. The van der Waals surface area contributed by atoms with Crippen LogP contribution < -0.4 is 5.73 Å². The van der Waals surface area contributed by atoms with Crippen LogP contribution in [0.1, 0.15) is 0 Å². The van der Waals surface area contributed by atoms with Crippen molar-refractivity contribution in [2.24, 2.45) is 5.73 Å². The van der Waals surface area contributed by atoms with E-state index in [0.717, 1.165) is 0 Å². The molecule has 2 rings (SSSR count). The summed E-state index contributed by atoms with van der Waals surface area (Å²) in [4.78, 5) is 2.47. The summed E-state index contributed by atoms with van der Waals surface area (Å²) < 4.78 is 37.4. The molecule has 6 heteroatoms. The lowest BCUT2D eigenvalue weighted by Gasteiger charge is -2.34. The molecule has 0 saturated carbocycles. The zero-order valence-corrected chi connectivity index (χ0v) is 6.43. The van der Waals surface area contributed by atoms with Crippen LogP contribution in [0.15, 0.2) is 0 Å². The summed E-state index contributed by atoms with van der Waals surface area (Å²) in [6, 6.07) is 0. The predicted octanol–water partition coefficient (Wildman–Crippen LogP) is -0.208. The van der Waals surface area contributed by atoms with Gasteiger partial charge in [-0.05, 0) is 0 Å². The third-order valence-corrected chi connectivity index (χ3v) is 2.28. The molecule has 2 aliphatic rings. The number of nitrogens with two attached hydrogens (primary N) is 1. The Kier molecular flexibility index (Phi) is 1.47. The van der Waals surface area contributed by atoms with E-state index in [9.17, 15) is 13.2 Å². The van der Waals surface area contributed by atoms with E-state index in [2.05, 4.69) is 0 Å². The van der Waals surface area contributed by atoms with Crippen LogP contribution in [0.25, 0.3) is 0 Å². The molecule has 3 nitrogen and oxygen atoms in total. The minimum atomic E-state index is -4.35. The van der Waals surface area contributed by atoms with Crippen molar-refractivity contribution >= 4 is 0 Å². The van der Waals surface area contributed by atoms with Crippen LogP contribution >= 0.6 is 0 Å². The van der Waals surface area contributed by atoms with Gasteiger partial charge in [-0.1, -0.05) is 0 Å². The first-order valence-corrected chi connectivity index (χ1v) is 3.82. The van der Waals surface area contributed by atoms with Crippen molar-refractivity contribution in [1.82, 2.24) is 9.80 Å². The molecule has 0 aliphatic carbocycles. The Morgan fingerprint density at radius 2 is 1.25 bits per heavy atom. The number of hydrogen-bond acceptors (Lipinski definition) is 3. The van der Waals surface area contributed by atoms with E-state index in [0.29, 0.717) is 26.2 Å². The second-order valence-corrected chi connectivity index (χ2v) is 3.20. The SMILES string of the molecule is NC(N1CC1)(N1CC1)C(F)(F)F. The van der Waals surface area contributed by atoms with E-state index in [1.54, 1.807) is 0 Å². The molecule has 2 aliphatic heterocycles. The van der Waals surface area contributed by atoms with Crippen molar-refractivity contribution < 1.29 is 13.2 Å². The maximum absolute atomic E-state index is 12.5. The lowest BCUT2D eigenvalue weighted by Crippen LogP contribution is -2.65. The molecular formula is C6H10F3N3. The van der Waals surface area contributed by atoms with Crippen LogP contribution in [0.5, 0.6) is 0 Å². The maximum atomic E-state index is 12.5. The fraction of sp³-hybridized carbons (Fsp3) is 1.00. The Balaban J connectivity index is 2.20. The summed E-state index contributed by atoms with van der Waals surface area (Å²) >= 11 is 0. The topological polar surface area (TPSA) is 32.0 Å². The van der Waals surface area contributed by atoms with Crippen molar-refractivity contribution in [3.8, 4) is 0 Å². The first-order valence-electron chi connectivity index (χ1n) is 3.82. The normalized spacial score (nSPS) is 26.0. The molecule has 0 bridgehead atoms. The molecule has 2 saturated heterocycles. The van der Waals surface area contributed by atoms with Crippen molar-refractivity contribution in [2.45, 2.75) is 12.0 Å². The van der Waals surface area contributed by atoms with Gasteiger partial charge in [0, 0.05) is 26.2 Å². The molecule has 2 fully saturated rings. The fourth-order valence-electron chi connectivity index (χ4n) is 1.34. The molecule has 0 radical (unpaired) electrons. The highest BCUT2D eigenvalue weighted by Gasteiger charge is 2.65. The summed E-state index contributed by atoms with van der Waals surface area (Å²) in [7, 11) is 0. The van der Waals surface area contributed by atoms with Gasteiger partial charge in [-0.3, -0.25) is 15.5 Å². The molecule has 0 amide bonds. The van der Waals surface area contributed by atoms with Crippen molar-refractivity contribution in [1.29, 1.82) is 0 Å². The van der Waals surface area contributed by atoms with Crippen LogP contribution in [0, 0.1) is 0 Å². The number of nitrogens with zero attached hydrogens (tertiary/aromatic N) is 2. The molecular weight excluding hydrogens is 171 g/mol. The van der Waals surface area contributed by atoms with Crippen LogP contribution in [-0.2, 0) is 0 Å². The lowest BCUT2D eigenvalue weighted by molar-refractivity contribution is -0.244. The third kappa shape index (κ3) is 1.02.